The van der Waals surface area contributed by atoms with Gasteiger partial charge in [0.05, 0.1) is 5.56 Å². The van der Waals surface area contributed by atoms with Crippen molar-refractivity contribution in [1.82, 2.24) is 4.90 Å². The second-order valence-corrected chi connectivity index (χ2v) is 5.34. The monoisotopic (exact) mass is 315 g/mol. The van der Waals surface area contributed by atoms with Crippen LogP contribution in [0.3, 0.4) is 0 Å². The molecular formula is C14H19BrFNO. The van der Waals surface area contributed by atoms with Gasteiger partial charge in [-0.2, -0.15) is 0 Å². The summed E-state index contributed by atoms with van der Waals surface area (Å²) < 4.78 is 13.8. The van der Waals surface area contributed by atoms with E-state index < -0.39 is 0 Å². The minimum Gasteiger partial charge on any atom is -0.339 e. The molecule has 0 saturated carbocycles. The third kappa shape index (κ3) is 3.80. The van der Waals surface area contributed by atoms with Crippen LogP contribution in [0.2, 0.25) is 0 Å². The first-order chi connectivity index (χ1) is 8.49. The molecule has 1 aromatic carbocycles. The Labute approximate surface area is 116 Å². The zero-order valence-corrected chi connectivity index (χ0v) is 12.6. The van der Waals surface area contributed by atoms with E-state index in [2.05, 4.69) is 29.8 Å². The molecular weight excluding hydrogens is 297 g/mol. The predicted molar refractivity (Wildman–Crippen MR) is 75.1 cm³/mol. The van der Waals surface area contributed by atoms with Crippen molar-refractivity contribution in [2.45, 2.75) is 27.2 Å². The maximum Gasteiger partial charge on any atom is 0.255 e. The minimum absolute atomic E-state index is 0.121. The highest BCUT2D eigenvalue weighted by molar-refractivity contribution is 9.10. The standard InChI is InChI=1S/C14H19BrFNO/c1-4-10(3)9-17(5-2)14(18)12-8-11(16)6-7-13(12)15/h6-8,10H,4-5,9H2,1-3H3. The van der Waals surface area contributed by atoms with Crippen LogP contribution in [0.4, 0.5) is 4.39 Å². The van der Waals surface area contributed by atoms with E-state index in [0.29, 0.717) is 29.0 Å². The largest absolute Gasteiger partial charge is 0.339 e. The summed E-state index contributed by atoms with van der Waals surface area (Å²) in [5, 5.41) is 0. The third-order valence-corrected chi connectivity index (χ3v) is 3.75. The van der Waals surface area contributed by atoms with Crippen molar-refractivity contribution in [2.24, 2.45) is 5.92 Å². The molecule has 0 aromatic heterocycles. The maximum atomic E-state index is 13.2. The van der Waals surface area contributed by atoms with Gasteiger partial charge in [0.25, 0.3) is 5.91 Å². The highest BCUT2D eigenvalue weighted by Crippen LogP contribution is 2.20. The van der Waals surface area contributed by atoms with Gasteiger partial charge < -0.3 is 4.90 Å². The van der Waals surface area contributed by atoms with Crippen LogP contribution >= 0.6 is 15.9 Å². The summed E-state index contributed by atoms with van der Waals surface area (Å²) in [6.07, 6.45) is 1.02. The number of amides is 1. The average molecular weight is 316 g/mol. The molecule has 100 valence electrons. The van der Waals surface area contributed by atoms with Gasteiger partial charge in [-0.25, -0.2) is 4.39 Å². The van der Waals surface area contributed by atoms with E-state index in [9.17, 15) is 9.18 Å². The Kier molecular flexibility index (Phi) is 5.79. The molecule has 0 aliphatic heterocycles. The molecule has 0 bridgehead atoms. The van der Waals surface area contributed by atoms with Gasteiger partial charge in [-0.05, 0) is 47.0 Å². The van der Waals surface area contributed by atoms with Crippen LogP contribution in [0.1, 0.15) is 37.6 Å². The average Bonchev–Trinajstić information content (AvgIpc) is 2.37. The second-order valence-electron chi connectivity index (χ2n) is 4.48. The van der Waals surface area contributed by atoms with Crippen molar-refractivity contribution >= 4 is 21.8 Å². The summed E-state index contributed by atoms with van der Waals surface area (Å²) in [6.45, 7) is 7.48. The molecule has 1 atom stereocenters. The molecule has 1 rings (SSSR count). The van der Waals surface area contributed by atoms with Crippen molar-refractivity contribution in [1.29, 1.82) is 0 Å². The Morgan fingerprint density at radius 1 is 1.44 bits per heavy atom. The van der Waals surface area contributed by atoms with Gasteiger partial charge in [0.2, 0.25) is 0 Å². The number of carbonyl (C=O) groups is 1. The zero-order valence-electron chi connectivity index (χ0n) is 11.0. The molecule has 4 heteroatoms. The van der Waals surface area contributed by atoms with Crippen LogP contribution in [0.5, 0.6) is 0 Å². The fourth-order valence-corrected chi connectivity index (χ4v) is 2.11. The molecule has 0 radical (unpaired) electrons. The smallest absolute Gasteiger partial charge is 0.255 e. The van der Waals surface area contributed by atoms with E-state index in [0.717, 1.165) is 6.42 Å². The number of nitrogens with zero attached hydrogens (tertiary/aromatic N) is 1. The van der Waals surface area contributed by atoms with E-state index in [-0.39, 0.29) is 11.7 Å². The first-order valence-electron chi connectivity index (χ1n) is 6.23. The highest BCUT2D eigenvalue weighted by atomic mass is 79.9. The summed E-state index contributed by atoms with van der Waals surface area (Å²) in [5.74, 6) is -0.0634. The molecule has 0 saturated heterocycles. The lowest BCUT2D eigenvalue weighted by Crippen LogP contribution is -2.34. The van der Waals surface area contributed by atoms with E-state index in [1.54, 1.807) is 11.0 Å². The van der Waals surface area contributed by atoms with Gasteiger partial charge in [-0.1, -0.05) is 20.3 Å². The molecule has 0 aliphatic rings. The SMILES string of the molecule is CCC(C)CN(CC)C(=O)c1cc(F)ccc1Br. The van der Waals surface area contributed by atoms with Gasteiger partial charge in [0.15, 0.2) is 0 Å². The molecule has 0 aliphatic carbocycles. The number of benzene rings is 1. The summed E-state index contributed by atoms with van der Waals surface area (Å²) in [4.78, 5) is 14.1. The topological polar surface area (TPSA) is 20.3 Å². The van der Waals surface area contributed by atoms with Crippen LogP contribution in [-0.2, 0) is 0 Å². The summed E-state index contributed by atoms with van der Waals surface area (Å²) >= 11 is 3.30. The van der Waals surface area contributed by atoms with E-state index in [1.807, 2.05) is 6.92 Å². The van der Waals surface area contributed by atoms with Gasteiger partial charge in [0, 0.05) is 17.6 Å². The van der Waals surface area contributed by atoms with Crippen LogP contribution in [0, 0.1) is 11.7 Å². The lowest BCUT2D eigenvalue weighted by molar-refractivity contribution is 0.0739. The lowest BCUT2D eigenvalue weighted by Gasteiger charge is -2.24. The molecule has 2 nitrogen and oxygen atoms in total. The Morgan fingerprint density at radius 2 is 2.11 bits per heavy atom. The number of hydrogen-bond acceptors (Lipinski definition) is 1. The third-order valence-electron chi connectivity index (χ3n) is 3.06. The fraction of sp³-hybridized carbons (Fsp3) is 0.500. The van der Waals surface area contributed by atoms with Crippen molar-refractivity contribution in [3.05, 3.63) is 34.1 Å². The van der Waals surface area contributed by atoms with Crippen LogP contribution in [-0.4, -0.2) is 23.9 Å². The maximum absolute atomic E-state index is 13.2. The quantitative estimate of drug-likeness (QED) is 0.801. The van der Waals surface area contributed by atoms with E-state index >= 15 is 0 Å². The molecule has 0 fully saturated rings. The van der Waals surface area contributed by atoms with Crippen molar-refractivity contribution < 1.29 is 9.18 Å². The Bertz CT molecular complexity index is 422. The molecule has 1 amide bonds. The van der Waals surface area contributed by atoms with E-state index in [4.69, 9.17) is 0 Å². The first kappa shape index (κ1) is 15.2. The van der Waals surface area contributed by atoms with Gasteiger partial charge in [0.1, 0.15) is 5.82 Å². The van der Waals surface area contributed by atoms with Crippen molar-refractivity contribution in [3.63, 3.8) is 0 Å². The van der Waals surface area contributed by atoms with Crippen molar-refractivity contribution in [3.8, 4) is 0 Å². The molecule has 1 unspecified atom stereocenters. The predicted octanol–water partition coefficient (Wildman–Crippen LogP) is 4.10. The lowest BCUT2D eigenvalue weighted by atomic mass is 10.1. The van der Waals surface area contributed by atoms with Gasteiger partial charge in [-0.3, -0.25) is 4.79 Å². The Balaban J connectivity index is 2.92. The number of halogens is 2. The minimum atomic E-state index is -0.388. The zero-order chi connectivity index (χ0) is 13.7. The van der Waals surface area contributed by atoms with Crippen LogP contribution in [0.15, 0.2) is 22.7 Å². The normalized spacial score (nSPS) is 12.3. The Hall–Kier alpha value is -0.900. The molecule has 0 N–H and O–H groups in total. The summed E-state index contributed by atoms with van der Waals surface area (Å²) in [7, 11) is 0. The highest BCUT2D eigenvalue weighted by Gasteiger charge is 2.18. The number of carbonyl (C=O) groups excluding carboxylic acids is 1. The first-order valence-corrected chi connectivity index (χ1v) is 7.03. The number of rotatable bonds is 5. The van der Waals surface area contributed by atoms with Crippen molar-refractivity contribution in [2.75, 3.05) is 13.1 Å². The van der Waals surface area contributed by atoms with Gasteiger partial charge >= 0.3 is 0 Å². The van der Waals surface area contributed by atoms with Crippen LogP contribution in [0.25, 0.3) is 0 Å². The number of hydrogen-bond donors (Lipinski definition) is 0. The van der Waals surface area contributed by atoms with Crippen LogP contribution < -0.4 is 0 Å². The van der Waals surface area contributed by atoms with Gasteiger partial charge in [-0.15, -0.1) is 0 Å². The summed E-state index contributed by atoms with van der Waals surface area (Å²) in [5.41, 5.74) is 0.389. The van der Waals surface area contributed by atoms with E-state index in [1.165, 1.54) is 12.1 Å². The molecule has 0 heterocycles. The molecule has 18 heavy (non-hydrogen) atoms. The fourth-order valence-electron chi connectivity index (χ4n) is 1.69. The second kappa shape index (κ2) is 6.88. The molecule has 0 spiro atoms. The summed E-state index contributed by atoms with van der Waals surface area (Å²) in [6, 6.07) is 4.19. The molecule has 1 aromatic rings. The Morgan fingerprint density at radius 3 is 2.67 bits per heavy atom.